The molecule has 0 radical (unpaired) electrons. The van der Waals surface area contributed by atoms with E-state index in [-0.39, 0.29) is 5.91 Å². The maximum atomic E-state index is 12.2. The Morgan fingerprint density at radius 1 is 1.50 bits per heavy atom. The lowest BCUT2D eigenvalue weighted by Gasteiger charge is -2.12. The highest BCUT2D eigenvalue weighted by molar-refractivity contribution is 6.31. The fraction of sp³-hybridized carbons (Fsp3) is 0.214. The minimum absolute atomic E-state index is 0.345. The number of nitriles is 1. The molecule has 5 nitrogen and oxygen atoms in total. The predicted molar refractivity (Wildman–Crippen MR) is 75.2 cm³/mol. The normalized spacial score (nSPS) is 11.7. The summed E-state index contributed by atoms with van der Waals surface area (Å²) in [4.78, 5) is 12.2. The van der Waals surface area contributed by atoms with Gasteiger partial charge in [0, 0.05) is 23.8 Å². The number of halogens is 1. The number of benzene rings is 1. The molecule has 1 heterocycles. The van der Waals surface area contributed by atoms with Crippen LogP contribution in [0, 0.1) is 18.3 Å². The van der Waals surface area contributed by atoms with E-state index in [1.165, 1.54) is 0 Å². The Bertz CT molecular complexity index is 687. The van der Waals surface area contributed by atoms with E-state index < -0.39 is 6.04 Å². The summed E-state index contributed by atoms with van der Waals surface area (Å²) in [6.45, 7) is 1.74. The molecular formula is C14H13ClN4O. The standard InChI is InChI=1S/C14H13ClN4O/c1-9-11(8-19(2)18-9)14(20)17-13(7-16)10-5-3-4-6-12(10)15/h3-6,8,13H,1-2H3,(H,17,20). The molecule has 0 saturated heterocycles. The van der Waals surface area contributed by atoms with Gasteiger partial charge in [0.2, 0.25) is 0 Å². The number of aromatic nitrogens is 2. The quantitative estimate of drug-likeness (QED) is 0.942. The van der Waals surface area contributed by atoms with Gasteiger partial charge in [-0.3, -0.25) is 9.48 Å². The van der Waals surface area contributed by atoms with Crippen LogP contribution in [0.5, 0.6) is 0 Å². The molecule has 6 heteroatoms. The second-order valence-corrected chi connectivity index (χ2v) is 4.77. The minimum Gasteiger partial charge on any atom is -0.332 e. The van der Waals surface area contributed by atoms with E-state index >= 15 is 0 Å². The average molecular weight is 289 g/mol. The molecule has 1 unspecified atom stereocenters. The zero-order chi connectivity index (χ0) is 14.7. The van der Waals surface area contributed by atoms with Crippen molar-refractivity contribution in [1.29, 1.82) is 5.26 Å². The van der Waals surface area contributed by atoms with Crippen molar-refractivity contribution in [3.05, 3.63) is 52.3 Å². The van der Waals surface area contributed by atoms with E-state index in [1.807, 2.05) is 6.07 Å². The van der Waals surface area contributed by atoms with Crippen LogP contribution < -0.4 is 5.32 Å². The largest absolute Gasteiger partial charge is 0.332 e. The average Bonchev–Trinajstić information content (AvgIpc) is 2.76. The lowest BCUT2D eigenvalue weighted by atomic mass is 10.1. The fourth-order valence-electron chi connectivity index (χ4n) is 1.92. The Labute approximate surface area is 121 Å². The van der Waals surface area contributed by atoms with Gasteiger partial charge >= 0.3 is 0 Å². The molecule has 1 amide bonds. The van der Waals surface area contributed by atoms with Gasteiger partial charge < -0.3 is 5.32 Å². The number of carbonyl (C=O) groups excluding carboxylic acids is 1. The van der Waals surface area contributed by atoms with Gasteiger partial charge in [0.25, 0.3) is 5.91 Å². The maximum Gasteiger partial charge on any atom is 0.256 e. The Morgan fingerprint density at radius 3 is 2.75 bits per heavy atom. The van der Waals surface area contributed by atoms with E-state index in [0.717, 1.165) is 0 Å². The highest BCUT2D eigenvalue weighted by Gasteiger charge is 2.19. The topological polar surface area (TPSA) is 70.7 Å². The van der Waals surface area contributed by atoms with E-state index in [2.05, 4.69) is 10.4 Å². The van der Waals surface area contributed by atoms with Crippen molar-refractivity contribution in [2.45, 2.75) is 13.0 Å². The summed E-state index contributed by atoms with van der Waals surface area (Å²) in [5.74, 6) is -0.345. The lowest BCUT2D eigenvalue weighted by molar-refractivity contribution is 0.0944. The molecule has 0 aliphatic rings. The number of amides is 1. The molecule has 0 bridgehead atoms. The molecule has 1 aromatic carbocycles. The van der Waals surface area contributed by atoms with Crippen molar-refractivity contribution in [2.24, 2.45) is 7.05 Å². The van der Waals surface area contributed by atoms with Crippen LogP contribution in [-0.2, 0) is 7.05 Å². The lowest BCUT2D eigenvalue weighted by Crippen LogP contribution is -2.28. The number of hydrogen-bond donors (Lipinski definition) is 1. The van der Waals surface area contributed by atoms with Crippen LogP contribution in [-0.4, -0.2) is 15.7 Å². The fourth-order valence-corrected chi connectivity index (χ4v) is 2.16. The van der Waals surface area contributed by atoms with E-state index in [9.17, 15) is 10.1 Å². The Morgan fingerprint density at radius 2 is 2.20 bits per heavy atom. The Hall–Kier alpha value is -2.32. The molecule has 2 aromatic rings. The summed E-state index contributed by atoms with van der Waals surface area (Å²) in [5, 5.41) is 16.4. The van der Waals surface area contributed by atoms with Crippen molar-refractivity contribution in [2.75, 3.05) is 0 Å². The minimum atomic E-state index is -0.796. The summed E-state index contributed by atoms with van der Waals surface area (Å²) in [6.07, 6.45) is 1.62. The van der Waals surface area contributed by atoms with Crippen LogP contribution in [0.15, 0.2) is 30.5 Å². The van der Waals surface area contributed by atoms with Crippen LogP contribution in [0.1, 0.15) is 27.7 Å². The molecule has 1 atom stereocenters. The summed E-state index contributed by atoms with van der Waals surface area (Å²) in [7, 11) is 1.74. The molecule has 0 aliphatic heterocycles. The molecule has 1 N–H and O–H groups in total. The van der Waals surface area contributed by atoms with E-state index in [0.29, 0.717) is 21.8 Å². The summed E-state index contributed by atoms with van der Waals surface area (Å²) in [5.41, 5.74) is 1.63. The van der Waals surface area contributed by atoms with Gasteiger partial charge in [-0.25, -0.2) is 0 Å². The highest BCUT2D eigenvalue weighted by atomic mass is 35.5. The van der Waals surface area contributed by atoms with Crippen molar-refractivity contribution in [3.8, 4) is 6.07 Å². The monoisotopic (exact) mass is 288 g/mol. The number of rotatable bonds is 3. The molecule has 102 valence electrons. The maximum absolute atomic E-state index is 12.2. The molecular weight excluding hydrogens is 276 g/mol. The summed E-state index contributed by atoms with van der Waals surface area (Å²) in [6, 6.07) is 8.19. The van der Waals surface area contributed by atoms with Crippen molar-refractivity contribution < 1.29 is 4.79 Å². The van der Waals surface area contributed by atoms with Crippen LogP contribution >= 0.6 is 11.6 Å². The second-order valence-electron chi connectivity index (χ2n) is 4.36. The van der Waals surface area contributed by atoms with Crippen LogP contribution in [0.2, 0.25) is 5.02 Å². The van der Waals surface area contributed by atoms with Gasteiger partial charge in [-0.05, 0) is 13.0 Å². The summed E-state index contributed by atoms with van der Waals surface area (Å²) >= 11 is 6.04. The molecule has 1 aromatic heterocycles. The van der Waals surface area contributed by atoms with E-state index in [1.54, 1.807) is 49.1 Å². The number of nitrogens with one attached hydrogen (secondary N) is 1. The van der Waals surface area contributed by atoms with Crippen LogP contribution in [0.3, 0.4) is 0 Å². The zero-order valence-electron chi connectivity index (χ0n) is 11.1. The predicted octanol–water partition coefficient (Wildman–Crippen LogP) is 2.38. The van der Waals surface area contributed by atoms with Gasteiger partial charge in [0.05, 0.1) is 17.3 Å². The van der Waals surface area contributed by atoms with Gasteiger partial charge in [-0.1, -0.05) is 29.8 Å². The number of nitrogens with zero attached hydrogens (tertiary/aromatic N) is 3. The van der Waals surface area contributed by atoms with E-state index in [4.69, 9.17) is 11.6 Å². The third-order valence-electron chi connectivity index (χ3n) is 2.88. The molecule has 2 rings (SSSR count). The van der Waals surface area contributed by atoms with Crippen molar-refractivity contribution in [3.63, 3.8) is 0 Å². The van der Waals surface area contributed by atoms with Crippen LogP contribution in [0.25, 0.3) is 0 Å². The molecule has 0 aliphatic carbocycles. The van der Waals surface area contributed by atoms with Crippen molar-refractivity contribution in [1.82, 2.24) is 15.1 Å². The molecule has 0 saturated carbocycles. The zero-order valence-corrected chi connectivity index (χ0v) is 11.8. The number of aryl methyl sites for hydroxylation is 2. The molecule has 20 heavy (non-hydrogen) atoms. The van der Waals surface area contributed by atoms with Gasteiger partial charge in [-0.15, -0.1) is 0 Å². The summed E-state index contributed by atoms with van der Waals surface area (Å²) < 4.78 is 1.56. The van der Waals surface area contributed by atoms with Crippen molar-refractivity contribution >= 4 is 17.5 Å². The third kappa shape index (κ3) is 2.81. The Kier molecular flexibility index (Phi) is 4.06. The molecule has 0 fully saturated rings. The first-order valence-corrected chi connectivity index (χ1v) is 6.36. The molecule has 0 spiro atoms. The second kappa shape index (κ2) is 5.76. The first kappa shape index (κ1) is 14.1. The highest BCUT2D eigenvalue weighted by Crippen LogP contribution is 2.22. The smallest absolute Gasteiger partial charge is 0.256 e. The first-order valence-electron chi connectivity index (χ1n) is 5.98. The Balaban J connectivity index is 2.24. The van der Waals surface area contributed by atoms with Crippen LogP contribution in [0.4, 0.5) is 0 Å². The van der Waals surface area contributed by atoms with Gasteiger partial charge in [-0.2, -0.15) is 10.4 Å². The van der Waals surface area contributed by atoms with Gasteiger partial charge in [0.1, 0.15) is 6.04 Å². The van der Waals surface area contributed by atoms with Gasteiger partial charge in [0.15, 0.2) is 0 Å². The third-order valence-corrected chi connectivity index (χ3v) is 3.22. The number of hydrogen-bond acceptors (Lipinski definition) is 3. The SMILES string of the molecule is Cc1nn(C)cc1C(=O)NC(C#N)c1ccccc1Cl. The first-order chi connectivity index (χ1) is 9.52. The number of carbonyl (C=O) groups is 1.